The highest BCUT2D eigenvalue weighted by atomic mass is 19.1. The van der Waals surface area contributed by atoms with Gasteiger partial charge in [0.2, 0.25) is 5.95 Å². The van der Waals surface area contributed by atoms with Gasteiger partial charge in [-0.15, -0.1) is 0 Å². The third kappa shape index (κ3) is 3.83. The van der Waals surface area contributed by atoms with Crippen LogP contribution >= 0.6 is 0 Å². The molecule has 1 amide bonds. The summed E-state index contributed by atoms with van der Waals surface area (Å²) in [6.45, 7) is 2.24. The minimum atomic E-state index is -0.884. The number of benzene rings is 1. The fraction of sp³-hybridized carbons (Fsp3) is 0.167. The van der Waals surface area contributed by atoms with Crippen LogP contribution < -0.4 is 4.90 Å². The summed E-state index contributed by atoms with van der Waals surface area (Å²) in [5, 5.41) is 23.0. The number of nitriles is 1. The maximum absolute atomic E-state index is 13.4. The summed E-state index contributed by atoms with van der Waals surface area (Å²) in [7, 11) is 0. The zero-order valence-corrected chi connectivity index (χ0v) is 17.5. The smallest absolute Gasteiger partial charge is 0.407 e. The number of halogens is 1. The molecule has 0 saturated carbocycles. The van der Waals surface area contributed by atoms with Gasteiger partial charge in [0.05, 0.1) is 17.3 Å². The Hall–Kier alpha value is -4.45. The van der Waals surface area contributed by atoms with E-state index in [1.54, 1.807) is 10.6 Å². The largest absolute Gasteiger partial charge is 0.465 e. The van der Waals surface area contributed by atoms with E-state index in [0.717, 1.165) is 22.4 Å². The van der Waals surface area contributed by atoms with Crippen molar-refractivity contribution in [2.75, 3.05) is 31.1 Å². The second-order valence-electron chi connectivity index (χ2n) is 7.78. The van der Waals surface area contributed by atoms with Gasteiger partial charge in [-0.1, -0.05) is 12.1 Å². The molecule has 3 aromatic heterocycles. The first-order valence-corrected chi connectivity index (χ1v) is 10.4. The first-order chi connectivity index (χ1) is 16.0. The topological polar surface area (TPSA) is 97.8 Å². The lowest BCUT2D eigenvalue weighted by Crippen LogP contribution is -2.48. The molecule has 4 aromatic rings. The summed E-state index contributed by atoms with van der Waals surface area (Å²) in [6, 6.07) is 15.1. The summed E-state index contributed by atoms with van der Waals surface area (Å²) in [6.07, 6.45) is 3.94. The van der Waals surface area contributed by atoms with Crippen molar-refractivity contribution in [2.45, 2.75) is 0 Å². The van der Waals surface area contributed by atoms with E-state index >= 15 is 0 Å². The van der Waals surface area contributed by atoms with Crippen molar-refractivity contribution in [1.29, 1.82) is 5.26 Å². The molecule has 1 aromatic carbocycles. The van der Waals surface area contributed by atoms with Crippen molar-refractivity contribution < 1.29 is 14.3 Å². The van der Waals surface area contributed by atoms with Crippen LogP contribution in [-0.4, -0.2) is 56.9 Å². The molecule has 0 radical (unpaired) electrons. The van der Waals surface area contributed by atoms with E-state index in [1.165, 1.54) is 23.4 Å². The number of carboxylic acid groups (broad SMARTS) is 1. The van der Waals surface area contributed by atoms with E-state index < -0.39 is 12.0 Å². The SMILES string of the molecule is N#Cc1cnn2cc(-c3ccc(N4CCN(C(=O)O)CC4)cc3)cc(-c3ccc(F)nc3)c12. The fourth-order valence-electron chi connectivity index (χ4n) is 4.14. The molecule has 1 saturated heterocycles. The third-order valence-electron chi connectivity index (χ3n) is 5.89. The molecule has 9 heteroatoms. The Morgan fingerprint density at radius 3 is 2.36 bits per heavy atom. The van der Waals surface area contributed by atoms with E-state index in [0.29, 0.717) is 42.8 Å². The first-order valence-electron chi connectivity index (χ1n) is 10.4. The van der Waals surface area contributed by atoms with Crippen LogP contribution in [0.2, 0.25) is 0 Å². The van der Waals surface area contributed by atoms with Gasteiger partial charge in [-0.3, -0.25) is 0 Å². The van der Waals surface area contributed by atoms with Crippen LogP contribution in [-0.2, 0) is 0 Å². The molecule has 0 aliphatic carbocycles. The molecule has 1 N–H and O–H groups in total. The average Bonchev–Trinajstić information content (AvgIpc) is 3.27. The molecule has 33 heavy (non-hydrogen) atoms. The van der Waals surface area contributed by atoms with Gasteiger partial charge in [0.15, 0.2) is 0 Å². The van der Waals surface area contributed by atoms with E-state index in [9.17, 15) is 14.4 Å². The van der Waals surface area contributed by atoms with Crippen molar-refractivity contribution >= 4 is 17.3 Å². The molecule has 0 spiro atoms. The summed E-state index contributed by atoms with van der Waals surface area (Å²) in [4.78, 5) is 18.5. The number of pyridine rings is 2. The molecule has 164 valence electrons. The number of piperazine rings is 1. The van der Waals surface area contributed by atoms with Gasteiger partial charge in [-0.05, 0) is 35.9 Å². The maximum atomic E-state index is 13.4. The zero-order chi connectivity index (χ0) is 22.9. The van der Waals surface area contributed by atoms with E-state index in [2.05, 4.69) is 21.1 Å². The zero-order valence-electron chi connectivity index (χ0n) is 17.5. The molecule has 8 nitrogen and oxygen atoms in total. The lowest BCUT2D eigenvalue weighted by molar-refractivity contribution is 0.142. The van der Waals surface area contributed by atoms with Crippen LogP contribution in [0, 0.1) is 17.3 Å². The van der Waals surface area contributed by atoms with Gasteiger partial charge in [-0.2, -0.15) is 14.8 Å². The Morgan fingerprint density at radius 1 is 1.00 bits per heavy atom. The third-order valence-corrected chi connectivity index (χ3v) is 5.89. The van der Waals surface area contributed by atoms with Crippen molar-refractivity contribution in [1.82, 2.24) is 19.5 Å². The van der Waals surface area contributed by atoms with Crippen LogP contribution in [0.25, 0.3) is 27.8 Å². The Labute approximate surface area is 188 Å². The van der Waals surface area contributed by atoms with Crippen LogP contribution in [0.1, 0.15) is 5.56 Å². The van der Waals surface area contributed by atoms with Crippen LogP contribution in [0.5, 0.6) is 0 Å². The molecule has 0 bridgehead atoms. The van der Waals surface area contributed by atoms with Gasteiger partial charge in [-0.25, -0.2) is 14.3 Å². The number of carbonyl (C=O) groups is 1. The number of amides is 1. The second kappa shape index (κ2) is 8.24. The summed E-state index contributed by atoms with van der Waals surface area (Å²) < 4.78 is 15.0. The minimum Gasteiger partial charge on any atom is -0.465 e. The molecule has 0 atom stereocenters. The highest BCUT2D eigenvalue weighted by molar-refractivity contribution is 5.87. The number of rotatable bonds is 3. The number of fused-ring (bicyclic) bond motifs is 1. The number of aromatic nitrogens is 3. The van der Waals surface area contributed by atoms with Crippen LogP contribution in [0.15, 0.2) is 61.1 Å². The lowest BCUT2D eigenvalue weighted by atomic mass is 9.99. The standard InChI is InChI=1S/C24H19FN6O2/c25-22-6-3-17(13-27-22)21-11-18(15-31-23(21)19(12-26)14-28-31)16-1-4-20(5-2-16)29-7-9-30(10-8-29)24(32)33/h1-6,11,13-15H,7-10H2,(H,32,33). The predicted molar refractivity (Wildman–Crippen MR) is 120 cm³/mol. The maximum Gasteiger partial charge on any atom is 0.407 e. The molecule has 5 rings (SSSR count). The van der Waals surface area contributed by atoms with E-state index in [-0.39, 0.29) is 0 Å². The quantitative estimate of drug-likeness (QED) is 0.484. The monoisotopic (exact) mass is 442 g/mol. The van der Waals surface area contributed by atoms with Gasteiger partial charge in [0.25, 0.3) is 0 Å². The van der Waals surface area contributed by atoms with Crippen LogP contribution in [0.4, 0.5) is 14.9 Å². The van der Waals surface area contributed by atoms with Crippen molar-refractivity contribution in [3.05, 3.63) is 72.6 Å². The van der Waals surface area contributed by atoms with Gasteiger partial charge >= 0.3 is 6.09 Å². The normalized spacial score (nSPS) is 13.8. The van der Waals surface area contributed by atoms with Crippen molar-refractivity contribution in [2.24, 2.45) is 0 Å². The molecular formula is C24H19FN6O2. The number of hydrogen-bond donors (Lipinski definition) is 1. The second-order valence-corrected chi connectivity index (χ2v) is 7.78. The molecule has 1 fully saturated rings. The molecule has 0 unspecified atom stereocenters. The predicted octanol–water partition coefficient (Wildman–Crippen LogP) is 3.87. The summed E-state index contributed by atoms with van der Waals surface area (Å²) in [5.41, 5.74) is 5.36. The van der Waals surface area contributed by atoms with Gasteiger partial charge in [0.1, 0.15) is 6.07 Å². The van der Waals surface area contributed by atoms with Crippen molar-refractivity contribution in [3.8, 4) is 28.3 Å². The first kappa shape index (κ1) is 20.5. The Morgan fingerprint density at radius 2 is 1.73 bits per heavy atom. The molecule has 4 heterocycles. The Balaban J connectivity index is 1.50. The summed E-state index contributed by atoms with van der Waals surface area (Å²) >= 11 is 0. The van der Waals surface area contributed by atoms with E-state index in [4.69, 9.17) is 5.11 Å². The van der Waals surface area contributed by atoms with Gasteiger partial charge < -0.3 is 14.9 Å². The Kier molecular flexibility index (Phi) is 5.11. The highest BCUT2D eigenvalue weighted by Gasteiger charge is 2.20. The lowest BCUT2D eigenvalue weighted by Gasteiger charge is -2.34. The number of nitrogens with zero attached hydrogens (tertiary/aromatic N) is 6. The van der Waals surface area contributed by atoms with Crippen molar-refractivity contribution in [3.63, 3.8) is 0 Å². The molecule has 1 aliphatic heterocycles. The molecule has 1 aliphatic rings. The Bertz CT molecular complexity index is 1370. The number of anilines is 1. The van der Waals surface area contributed by atoms with E-state index in [1.807, 2.05) is 36.5 Å². The minimum absolute atomic E-state index is 0.428. The summed E-state index contributed by atoms with van der Waals surface area (Å²) in [5.74, 6) is -0.570. The van der Waals surface area contributed by atoms with Gasteiger partial charge in [0, 0.05) is 61.0 Å². The van der Waals surface area contributed by atoms with Crippen LogP contribution in [0.3, 0.4) is 0 Å². The number of hydrogen-bond acceptors (Lipinski definition) is 5. The molecular weight excluding hydrogens is 423 g/mol. The fourth-order valence-corrected chi connectivity index (χ4v) is 4.14. The average molecular weight is 442 g/mol. The highest BCUT2D eigenvalue weighted by Crippen LogP contribution is 2.32.